The van der Waals surface area contributed by atoms with Crippen molar-refractivity contribution >= 4 is 23.3 Å². The first-order chi connectivity index (χ1) is 13.8. The minimum Gasteiger partial charge on any atom is -0.349 e. The third kappa shape index (κ3) is 5.01. The van der Waals surface area contributed by atoms with Crippen molar-refractivity contribution in [2.75, 3.05) is 0 Å². The molecule has 3 rings (SSSR count). The van der Waals surface area contributed by atoms with E-state index >= 15 is 0 Å². The smallest absolute Gasteiger partial charge is 0.276 e. The number of aromatic nitrogens is 2. The van der Waals surface area contributed by atoms with Crippen molar-refractivity contribution in [3.05, 3.63) is 46.5 Å². The van der Waals surface area contributed by atoms with Crippen molar-refractivity contribution < 1.29 is 9.59 Å². The summed E-state index contributed by atoms with van der Waals surface area (Å²) in [6.45, 7) is 8.06. The van der Waals surface area contributed by atoms with Gasteiger partial charge in [0.25, 0.3) is 5.91 Å². The van der Waals surface area contributed by atoms with Crippen molar-refractivity contribution in [2.24, 2.45) is 0 Å². The Labute approximate surface area is 176 Å². The molecule has 1 aliphatic rings. The van der Waals surface area contributed by atoms with Crippen LogP contribution in [0.5, 0.6) is 0 Å². The molecule has 0 aliphatic heterocycles. The van der Waals surface area contributed by atoms with Gasteiger partial charge in [0.1, 0.15) is 6.04 Å². The first-order valence-electron chi connectivity index (χ1n) is 10.3. The summed E-state index contributed by atoms with van der Waals surface area (Å²) in [7, 11) is 0. The Morgan fingerprint density at radius 1 is 1.24 bits per heavy atom. The molecular formula is C22H30N4O2S. The van der Waals surface area contributed by atoms with Gasteiger partial charge in [0, 0.05) is 17.0 Å². The number of hydrogen-bond acceptors (Lipinski definition) is 5. The molecule has 1 aromatic carbocycles. The van der Waals surface area contributed by atoms with Gasteiger partial charge in [-0.25, -0.2) is 0 Å². The molecule has 1 heterocycles. The minimum atomic E-state index is -0.696. The number of rotatable bonds is 7. The van der Waals surface area contributed by atoms with Gasteiger partial charge >= 0.3 is 0 Å². The molecule has 0 saturated heterocycles. The molecule has 2 amide bonds. The maximum absolute atomic E-state index is 13.5. The van der Waals surface area contributed by atoms with Crippen molar-refractivity contribution in [3.63, 3.8) is 0 Å². The van der Waals surface area contributed by atoms with E-state index in [2.05, 4.69) is 14.9 Å². The lowest BCUT2D eigenvalue weighted by Gasteiger charge is -2.37. The first-order valence-corrected chi connectivity index (χ1v) is 11.1. The molecule has 2 aromatic rings. The third-order valence-electron chi connectivity index (χ3n) is 5.80. The fraction of sp³-hybridized carbons (Fsp3) is 0.545. The summed E-state index contributed by atoms with van der Waals surface area (Å²) < 4.78 is 3.86. The average molecular weight is 415 g/mol. The Bertz CT molecular complexity index is 827. The summed E-state index contributed by atoms with van der Waals surface area (Å²) in [5.41, 5.74) is 1.89. The van der Waals surface area contributed by atoms with Crippen LogP contribution in [0.3, 0.4) is 0 Å². The molecule has 1 fully saturated rings. The number of carbonyl (C=O) groups is 2. The molecule has 1 atom stereocenters. The van der Waals surface area contributed by atoms with Crippen LogP contribution in [0.2, 0.25) is 0 Å². The maximum Gasteiger partial charge on any atom is 0.276 e. The molecule has 0 spiro atoms. The highest BCUT2D eigenvalue weighted by Gasteiger charge is 2.39. The van der Waals surface area contributed by atoms with E-state index in [1.165, 1.54) is 0 Å². The number of carbonyl (C=O) groups excluding carboxylic acids is 2. The number of aryl methyl sites for hydroxylation is 1. The van der Waals surface area contributed by atoms with E-state index < -0.39 is 6.04 Å². The Morgan fingerprint density at radius 3 is 2.45 bits per heavy atom. The second kappa shape index (κ2) is 9.03. The van der Waals surface area contributed by atoms with E-state index in [9.17, 15) is 9.59 Å². The van der Waals surface area contributed by atoms with Crippen molar-refractivity contribution in [2.45, 2.75) is 77.4 Å². The molecule has 156 valence electrons. The molecule has 1 aromatic heterocycles. The van der Waals surface area contributed by atoms with E-state index in [0.29, 0.717) is 5.69 Å². The van der Waals surface area contributed by atoms with Crippen LogP contribution in [0, 0.1) is 6.92 Å². The number of benzene rings is 1. The number of hydrogen-bond donors (Lipinski definition) is 1. The maximum atomic E-state index is 13.5. The number of nitrogens with zero attached hydrogens (tertiary/aromatic N) is 3. The summed E-state index contributed by atoms with van der Waals surface area (Å²) >= 11 is 1.15. The summed E-state index contributed by atoms with van der Waals surface area (Å²) in [6.07, 6.45) is 4.72. The topological polar surface area (TPSA) is 75.2 Å². The quantitative estimate of drug-likeness (QED) is 0.734. The van der Waals surface area contributed by atoms with Gasteiger partial charge in [-0.1, -0.05) is 54.1 Å². The van der Waals surface area contributed by atoms with Gasteiger partial charge in [0.05, 0.1) is 0 Å². The van der Waals surface area contributed by atoms with Crippen LogP contribution in [-0.4, -0.2) is 37.9 Å². The number of nitrogens with one attached hydrogen (secondary N) is 1. The standard InChI is InChI=1S/C22H30N4O2S/c1-5-22(3,4)23-20(27)19(16-12-10-15(2)11-13-16)26(17-8-6-7-9-17)21(28)18-14-29-25-24-18/h10-14,17,19H,5-9H2,1-4H3,(H,23,27)/t19-/m1/s1. The van der Waals surface area contributed by atoms with Gasteiger partial charge in [-0.15, -0.1) is 5.10 Å². The van der Waals surface area contributed by atoms with Crippen LogP contribution in [0.15, 0.2) is 29.6 Å². The van der Waals surface area contributed by atoms with Crippen LogP contribution in [-0.2, 0) is 4.79 Å². The molecule has 7 heteroatoms. The molecule has 1 saturated carbocycles. The summed E-state index contributed by atoms with van der Waals surface area (Å²) in [6, 6.07) is 7.20. The van der Waals surface area contributed by atoms with Gasteiger partial charge in [-0.05, 0) is 57.1 Å². The molecule has 6 nitrogen and oxygen atoms in total. The van der Waals surface area contributed by atoms with Crippen molar-refractivity contribution in [1.82, 2.24) is 19.8 Å². The van der Waals surface area contributed by atoms with Gasteiger partial charge in [0.15, 0.2) is 5.69 Å². The molecule has 1 aliphatic carbocycles. The van der Waals surface area contributed by atoms with Crippen LogP contribution in [0.25, 0.3) is 0 Å². The van der Waals surface area contributed by atoms with Crippen LogP contribution < -0.4 is 5.32 Å². The highest BCUT2D eigenvalue weighted by Crippen LogP contribution is 2.33. The first kappa shape index (κ1) is 21.4. The highest BCUT2D eigenvalue weighted by atomic mass is 32.1. The highest BCUT2D eigenvalue weighted by molar-refractivity contribution is 7.03. The van der Waals surface area contributed by atoms with Crippen molar-refractivity contribution in [3.8, 4) is 0 Å². The second-order valence-corrected chi connectivity index (χ2v) is 9.09. The fourth-order valence-corrected chi connectivity index (χ4v) is 4.17. The number of amides is 2. The Balaban J connectivity index is 2.05. The molecule has 1 N–H and O–H groups in total. The van der Waals surface area contributed by atoms with Crippen LogP contribution in [0.4, 0.5) is 0 Å². The molecule has 0 bridgehead atoms. The normalized spacial score (nSPS) is 15.9. The zero-order valence-electron chi connectivity index (χ0n) is 17.6. The van der Waals surface area contributed by atoms with E-state index in [4.69, 9.17) is 0 Å². The van der Waals surface area contributed by atoms with Gasteiger partial charge in [0.2, 0.25) is 5.91 Å². The zero-order chi connectivity index (χ0) is 21.0. The van der Waals surface area contributed by atoms with Crippen molar-refractivity contribution in [1.29, 1.82) is 0 Å². The zero-order valence-corrected chi connectivity index (χ0v) is 18.5. The van der Waals surface area contributed by atoms with Crippen LogP contribution in [0.1, 0.15) is 80.5 Å². The van der Waals surface area contributed by atoms with Gasteiger partial charge in [-0.3, -0.25) is 9.59 Å². The largest absolute Gasteiger partial charge is 0.349 e. The Hall–Kier alpha value is -2.28. The second-order valence-electron chi connectivity index (χ2n) is 8.48. The molecular weight excluding hydrogens is 384 g/mol. The lowest BCUT2D eigenvalue weighted by atomic mass is 9.96. The van der Waals surface area contributed by atoms with E-state index in [-0.39, 0.29) is 23.4 Å². The minimum absolute atomic E-state index is 0.0194. The third-order valence-corrected chi connectivity index (χ3v) is 6.30. The molecule has 29 heavy (non-hydrogen) atoms. The monoisotopic (exact) mass is 414 g/mol. The molecule has 0 unspecified atom stereocenters. The lowest BCUT2D eigenvalue weighted by Crippen LogP contribution is -2.52. The SMILES string of the molecule is CCC(C)(C)NC(=O)[C@@H](c1ccc(C)cc1)N(C(=O)c1csnn1)C1CCCC1. The van der Waals surface area contributed by atoms with E-state index in [1.54, 1.807) is 10.3 Å². The lowest BCUT2D eigenvalue weighted by molar-refractivity contribution is -0.128. The summed E-state index contributed by atoms with van der Waals surface area (Å²) in [5, 5.41) is 8.81. The fourth-order valence-electron chi connectivity index (χ4n) is 3.74. The Morgan fingerprint density at radius 2 is 1.90 bits per heavy atom. The Kier molecular flexibility index (Phi) is 6.67. The average Bonchev–Trinajstić information content (AvgIpc) is 3.40. The van der Waals surface area contributed by atoms with E-state index in [1.807, 2.05) is 52.0 Å². The van der Waals surface area contributed by atoms with E-state index in [0.717, 1.165) is 54.8 Å². The van der Waals surface area contributed by atoms with Gasteiger partial charge in [-0.2, -0.15) is 0 Å². The summed E-state index contributed by atoms with van der Waals surface area (Å²) in [4.78, 5) is 28.8. The van der Waals surface area contributed by atoms with Crippen LogP contribution >= 0.6 is 11.5 Å². The van der Waals surface area contributed by atoms with Gasteiger partial charge < -0.3 is 10.2 Å². The predicted octanol–water partition coefficient (Wildman–Crippen LogP) is 4.28. The summed E-state index contributed by atoms with van der Waals surface area (Å²) in [5.74, 6) is -0.371. The predicted molar refractivity (Wildman–Crippen MR) is 115 cm³/mol. The molecule has 0 radical (unpaired) electrons.